The van der Waals surface area contributed by atoms with Gasteiger partial charge in [0, 0.05) is 11.5 Å². The Balaban J connectivity index is 2.94. The molecule has 0 bridgehead atoms. The lowest BCUT2D eigenvalue weighted by Crippen LogP contribution is -2.30. The highest BCUT2D eigenvalue weighted by molar-refractivity contribution is 9.10. The van der Waals surface area contributed by atoms with E-state index >= 15 is 0 Å². The van der Waals surface area contributed by atoms with Crippen molar-refractivity contribution in [3.8, 4) is 0 Å². The number of aliphatic hydroxyl groups excluding tert-OH is 1. The average molecular weight is 287 g/mol. The number of rotatable bonds is 4. The highest BCUT2D eigenvalue weighted by Crippen LogP contribution is 2.28. The monoisotopic (exact) mass is 286 g/mol. The molecule has 5 heteroatoms. The SMILES string of the molecule is CC(O)c1ccc(N(C)CC(N)=O)c(Br)c1. The van der Waals surface area contributed by atoms with Gasteiger partial charge in [0.1, 0.15) is 0 Å². The summed E-state index contributed by atoms with van der Waals surface area (Å²) in [5, 5.41) is 9.41. The number of anilines is 1. The largest absolute Gasteiger partial charge is 0.389 e. The Kier molecular flexibility index (Phi) is 4.32. The van der Waals surface area contributed by atoms with Gasteiger partial charge in [-0.1, -0.05) is 6.07 Å². The molecule has 1 aromatic rings. The van der Waals surface area contributed by atoms with Crippen LogP contribution in [0.3, 0.4) is 0 Å². The van der Waals surface area contributed by atoms with Crippen LogP contribution in [0.5, 0.6) is 0 Å². The maximum absolute atomic E-state index is 10.8. The van der Waals surface area contributed by atoms with Gasteiger partial charge in [-0.05, 0) is 40.5 Å². The van der Waals surface area contributed by atoms with Crippen molar-refractivity contribution in [2.24, 2.45) is 5.73 Å². The van der Waals surface area contributed by atoms with Gasteiger partial charge >= 0.3 is 0 Å². The molecule has 0 aliphatic heterocycles. The number of nitrogens with zero attached hydrogens (tertiary/aromatic N) is 1. The third kappa shape index (κ3) is 3.21. The molecule has 0 heterocycles. The molecular formula is C11H15BrN2O2. The third-order valence-electron chi connectivity index (χ3n) is 2.26. The smallest absolute Gasteiger partial charge is 0.236 e. The molecule has 88 valence electrons. The molecule has 4 nitrogen and oxygen atoms in total. The van der Waals surface area contributed by atoms with E-state index in [9.17, 15) is 9.90 Å². The Hall–Kier alpha value is -1.07. The van der Waals surface area contributed by atoms with Crippen LogP contribution >= 0.6 is 15.9 Å². The van der Waals surface area contributed by atoms with Gasteiger partial charge in [0.15, 0.2) is 0 Å². The molecule has 1 amide bonds. The fraction of sp³-hybridized carbons (Fsp3) is 0.364. The summed E-state index contributed by atoms with van der Waals surface area (Å²) in [5.74, 6) is -0.381. The number of hydrogen-bond acceptors (Lipinski definition) is 3. The van der Waals surface area contributed by atoms with Gasteiger partial charge in [0.25, 0.3) is 0 Å². The van der Waals surface area contributed by atoms with Gasteiger partial charge in [-0.25, -0.2) is 0 Å². The van der Waals surface area contributed by atoms with Crippen molar-refractivity contribution in [2.45, 2.75) is 13.0 Å². The zero-order chi connectivity index (χ0) is 12.3. The summed E-state index contributed by atoms with van der Waals surface area (Å²) >= 11 is 3.40. The minimum absolute atomic E-state index is 0.159. The fourth-order valence-corrected chi connectivity index (χ4v) is 2.11. The van der Waals surface area contributed by atoms with Gasteiger partial charge < -0.3 is 15.7 Å². The molecule has 1 unspecified atom stereocenters. The van der Waals surface area contributed by atoms with E-state index in [0.29, 0.717) is 0 Å². The second-order valence-electron chi connectivity index (χ2n) is 3.71. The molecule has 3 N–H and O–H groups in total. The molecule has 0 aromatic heterocycles. The molecule has 1 atom stereocenters. The summed E-state index contributed by atoms with van der Waals surface area (Å²) in [6.45, 7) is 1.86. The number of likely N-dealkylation sites (N-methyl/N-ethyl adjacent to an activating group) is 1. The first kappa shape index (κ1) is 13.0. The highest BCUT2D eigenvalue weighted by atomic mass is 79.9. The first-order chi connectivity index (χ1) is 7.41. The van der Waals surface area contributed by atoms with Gasteiger partial charge in [-0.2, -0.15) is 0 Å². The predicted octanol–water partition coefficient (Wildman–Crippen LogP) is 1.42. The normalized spacial score (nSPS) is 12.2. The minimum Gasteiger partial charge on any atom is -0.389 e. The number of hydrogen-bond donors (Lipinski definition) is 2. The zero-order valence-corrected chi connectivity index (χ0v) is 10.9. The van der Waals surface area contributed by atoms with E-state index < -0.39 is 6.10 Å². The van der Waals surface area contributed by atoms with Crippen molar-refractivity contribution in [2.75, 3.05) is 18.5 Å². The zero-order valence-electron chi connectivity index (χ0n) is 9.27. The Morgan fingerprint density at radius 2 is 2.25 bits per heavy atom. The lowest BCUT2D eigenvalue weighted by molar-refractivity contribution is -0.116. The number of carbonyl (C=O) groups excluding carboxylic acids is 1. The molecule has 16 heavy (non-hydrogen) atoms. The van der Waals surface area contributed by atoms with Gasteiger partial charge in [0.2, 0.25) is 5.91 Å². The summed E-state index contributed by atoms with van der Waals surface area (Å²) in [4.78, 5) is 12.5. The fourth-order valence-electron chi connectivity index (χ4n) is 1.41. The number of halogens is 1. The molecule has 0 aliphatic carbocycles. The predicted molar refractivity (Wildman–Crippen MR) is 67.2 cm³/mol. The summed E-state index contributed by atoms with van der Waals surface area (Å²) in [6.07, 6.45) is -0.508. The van der Waals surface area contributed by atoms with Crippen LogP contribution in [0.25, 0.3) is 0 Å². The Morgan fingerprint density at radius 1 is 1.62 bits per heavy atom. The Bertz CT molecular complexity index is 394. The molecule has 0 aliphatic rings. The maximum atomic E-state index is 10.8. The van der Waals surface area contributed by atoms with Crippen LogP contribution in [-0.4, -0.2) is 24.6 Å². The third-order valence-corrected chi connectivity index (χ3v) is 2.89. The molecule has 0 spiro atoms. The van der Waals surface area contributed by atoms with Crippen molar-refractivity contribution in [1.29, 1.82) is 0 Å². The molecule has 1 aromatic carbocycles. The van der Waals surface area contributed by atoms with Crippen molar-refractivity contribution >= 4 is 27.5 Å². The summed E-state index contributed by atoms with van der Waals surface area (Å²) < 4.78 is 0.828. The van der Waals surface area contributed by atoms with Crippen molar-refractivity contribution < 1.29 is 9.90 Å². The highest BCUT2D eigenvalue weighted by Gasteiger charge is 2.10. The number of benzene rings is 1. The van der Waals surface area contributed by atoms with E-state index in [1.54, 1.807) is 18.9 Å². The van der Waals surface area contributed by atoms with Gasteiger partial charge in [-0.15, -0.1) is 0 Å². The number of carbonyl (C=O) groups is 1. The molecule has 0 fully saturated rings. The summed E-state index contributed by atoms with van der Waals surface area (Å²) in [5.41, 5.74) is 6.81. The average Bonchev–Trinajstić information content (AvgIpc) is 2.15. The Morgan fingerprint density at radius 3 is 2.69 bits per heavy atom. The van der Waals surface area contributed by atoms with E-state index in [1.165, 1.54) is 0 Å². The standard InChI is InChI=1S/C11H15BrN2O2/c1-7(15)8-3-4-10(9(12)5-8)14(2)6-11(13)16/h3-5,7,15H,6H2,1-2H3,(H2,13,16). The van der Waals surface area contributed by atoms with Crippen LogP contribution in [0.15, 0.2) is 22.7 Å². The van der Waals surface area contributed by atoms with Crippen LogP contribution in [0.1, 0.15) is 18.6 Å². The lowest BCUT2D eigenvalue weighted by atomic mass is 10.1. The first-order valence-corrected chi connectivity index (χ1v) is 5.68. The second-order valence-corrected chi connectivity index (χ2v) is 4.56. The quantitative estimate of drug-likeness (QED) is 0.880. The molecule has 1 rings (SSSR count). The molecule has 0 saturated carbocycles. The summed E-state index contributed by atoms with van der Waals surface area (Å²) in [7, 11) is 1.78. The number of aliphatic hydroxyl groups is 1. The second kappa shape index (κ2) is 5.32. The van der Waals surface area contributed by atoms with E-state index in [4.69, 9.17) is 5.73 Å². The van der Waals surface area contributed by atoms with Crippen LogP contribution in [0.2, 0.25) is 0 Å². The van der Waals surface area contributed by atoms with Crippen LogP contribution < -0.4 is 10.6 Å². The van der Waals surface area contributed by atoms with Crippen LogP contribution in [0, 0.1) is 0 Å². The van der Waals surface area contributed by atoms with Gasteiger partial charge in [-0.3, -0.25) is 4.79 Å². The van der Waals surface area contributed by atoms with Crippen LogP contribution in [0.4, 0.5) is 5.69 Å². The van der Waals surface area contributed by atoms with E-state index in [2.05, 4.69) is 15.9 Å². The topological polar surface area (TPSA) is 66.6 Å². The number of primary amides is 1. The van der Waals surface area contributed by atoms with Crippen LogP contribution in [-0.2, 0) is 4.79 Å². The van der Waals surface area contributed by atoms with E-state index in [0.717, 1.165) is 15.7 Å². The first-order valence-electron chi connectivity index (χ1n) is 4.88. The van der Waals surface area contributed by atoms with E-state index in [1.807, 2.05) is 18.2 Å². The molecule has 0 saturated heterocycles. The molecular weight excluding hydrogens is 272 g/mol. The minimum atomic E-state index is -0.508. The van der Waals surface area contributed by atoms with E-state index in [-0.39, 0.29) is 12.5 Å². The Labute approximate surface area is 103 Å². The van der Waals surface area contributed by atoms with Crippen molar-refractivity contribution in [1.82, 2.24) is 0 Å². The van der Waals surface area contributed by atoms with Gasteiger partial charge in [0.05, 0.1) is 18.3 Å². The maximum Gasteiger partial charge on any atom is 0.236 e. The van der Waals surface area contributed by atoms with Crippen molar-refractivity contribution in [3.05, 3.63) is 28.2 Å². The summed E-state index contributed by atoms with van der Waals surface area (Å²) in [6, 6.07) is 5.49. The lowest BCUT2D eigenvalue weighted by Gasteiger charge is -2.19. The number of nitrogens with two attached hydrogens (primary N) is 1. The molecule has 0 radical (unpaired) electrons. The van der Waals surface area contributed by atoms with Crippen molar-refractivity contribution in [3.63, 3.8) is 0 Å². The number of amides is 1.